The fourth-order valence-corrected chi connectivity index (χ4v) is 2.17. The van der Waals surface area contributed by atoms with E-state index in [-0.39, 0.29) is 18.5 Å². The van der Waals surface area contributed by atoms with E-state index in [1.807, 2.05) is 18.2 Å². The predicted octanol–water partition coefficient (Wildman–Crippen LogP) is 0.477. The van der Waals surface area contributed by atoms with Crippen molar-refractivity contribution in [1.29, 1.82) is 0 Å². The van der Waals surface area contributed by atoms with E-state index in [0.717, 1.165) is 18.7 Å². The summed E-state index contributed by atoms with van der Waals surface area (Å²) in [6.07, 6.45) is 1.69. The molecule has 0 spiro atoms. The Bertz CT molecular complexity index is 551. The molecule has 1 aromatic heterocycles. The molecular formula is C12H13N5O. The second kappa shape index (κ2) is 4.56. The molecule has 1 amide bonds. The summed E-state index contributed by atoms with van der Waals surface area (Å²) in [7, 11) is 0. The zero-order chi connectivity index (χ0) is 12.4. The molecule has 0 aliphatic carbocycles. The first-order chi connectivity index (χ1) is 8.83. The van der Waals surface area contributed by atoms with Crippen molar-refractivity contribution < 1.29 is 4.79 Å². The molecule has 0 radical (unpaired) electrons. The van der Waals surface area contributed by atoms with Crippen LogP contribution in [0, 0.1) is 0 Å². The van der Waals surface area contributed by atoms with Crippen molar-refractivity contribution in [3.05, 3.63) is 41.7 Å². The van der Waals surface area contributed by atoms with Gasteiger partial charge >= 0.3 is 0 Å². The van der Waals surface area contributed by atoms with Crippen LogP contribution in [0.3, 0.4) is 0 Å². The summed E-state index contributed by atoms with van der Waals surface area (Å²) in [6, 6.07) is 10.1. The number of rotatable bonds is 3. The summed E-state index contributed by atoms with van der Waals surface area (Å²) in [5.74, 6) is 0.707. The SMILES string of the molecule is O=C1Cn2nnnc2C(CCc2ccccc2)N1. The second-order valence-electron chi connectivity index (χ2n) is 4.34. The molecule has 0 bridgehead atoms. The Kier molecular flexibility index (Phi) is 2.76. The maximum Gasteiger partial charge on any atom is 0.242 e. The number of amides is 1. The number of nitrogens with one attached hydrogen (secondary N) is 1. The second-order valence-corrected chi connectivity index (χ2v) is 4.34. The molecule has 1 aliphatic rings. The van der Waals surface area contributed by atoms with Gasteiger partial charge in [-0.05, 0) is 28.8 Å². The Hall–Kier alpha value is -2.24. The van der Waals surface area contributed by atoms with E-state index in [1.54, 1.807) is 4.68 Å². The highest BCUT2D eigenvalue weighted by Gasteiger charge is 2.26. The molecule has 1 aromatic carbocycles. The van der Waals surface area contributed by atoms with Crippen LogP contribution in [0.2, 0.25) is 0 Å². The van der Waals surface area contributed by atoms with E-state index < -0.39 is 0 Å². The van der Waals surface area contributed by atoms with Gasteiger partial charge in [0, 0.05) is 0 Å². The van der Waals surface area contributed by atoms with Gasteiger partial charge in [-0.25, -0.2) is 4.68 Å². The Morgan fingerprint density at radius 3 is 3.00 bits per heavy atom. The molecule has 1 unspecified atom stereocenters. The highest BCUT2D eigenvalue weighted by atomic mass is 16.2. The number of aromatic nitrogens is 4. The topological polar surface area (TPSA) is 72.7 Å². The summed E-state index contributed by atoms with van der Waals surface area (Å²) < 4.78 is 1.56. The highest BCUT2D eigenvalue weighted by molar-refractivity contribution is 5.77. The van der Waals surface area contributed by atoms with Crippen molar-refractivity contribution in [2.75, 3.05) is 0 Å². The van der Waals surface area contributed by atoms with Crippen molar-refractivity contribution in [3.8, 4) is 0 Å². The number of hydrogen-bond acceptors (Lipinski definition) is 4. The van der Waals surface area contributed by atoms with Gasteiger partial charge in [-0.2, -0.15) is 0 Å². The molecule has 1 aliphatic heterocycles. The molecule has 2 aromatic rings. The van der Waals surface area contributed by atoms with Gasteiger partial charge in [-0.15, -0.1) is 5.10 Å². The third-order valence-corrected chi connectivity index (χ3v) is 3.06. The van der Waals surface area contributed by atoms with Crippen LogP contribution in [0.5, 0.6) is 0 Å². The molecule has 6 heteroatoms. The van der Waals surface area contributed by atoms with E-state index in [0.29, 0.717) is 0 Å². The van der Waals surface area contributed by atoms with E-state index in [4.69, 9.17) is 0 Å². The number of hydrogen-bond donors (Lipinski definition) is 1. The molecule has 0 saturated carbocycles. The lowest BCUT2D eigenvalue weighted by Gasteiger charge is -2.22. The minimum Gasteiger partial charge on any atom is -0.344 e. The van der Waals surface area contributed by atoms with Crippen molar-refractivity contribution in [1.82, 2.24) is 25.5 Å². The van der Waals surface area contributed by atoms with Crippen LogP contribution in [-0.4, -0.2) is 26.1 Å². The van der Waals surface area contributed by atoms with Crippen molar-refractivity contribution >= 4 is 5.91 Å². The molecule has 0 saturated heterocycles. The van der Waals surface area contributed by atoms with Crippen LogP contribution in [0.15, 0.2) is 30.3 Å². The lowest BCUT2D eigenvalue weighted by Crippen LogP contribution is -2.39. The zero-order valence-corrected chi connectivity index (χ0v) is 9.78. The van der Waals surface area contributed by atoms with Crippen LogP contribution >= 0.6 is 0 Å². The normalized spacial score (nSPS) is 18.2. The maximum atomic E-state index is 11.5. The molecule has 0 fully saturated rings. The molecule has 6 nitrogen and oxygen atoms in total. The molecular weight excluding hydrogens is 230 g/mol. The molecule has 18 heavy (non-hydrogen) atoms. The molecule has 2 heterocycles. The van der Waals surface area contributed by atoms with E-state index in [2.05, 4.69) is 33.0 Å². The average molecular weight is 243 g/mol. The van der Waals surface area contributed by atoms with Gasteiger partial charge in [-0.1, -0.05) is 30.3 Å². The first kappa shape index (κ1) is 10.9. The van der Waals surface area contributed by atoms with Gasteiger partial charge in [0.2, 0.25) is 5.91 Å². The summed E-state index contributed by atoms with van der Waals surface area (Å²) in [6.45, 7) is 0.212. The average Bonchev–Trinajstić information content (AvgIpc) is 2.85. The largest absolute Gasteiger partial charge is 0.344 e. The third-order valence-electron chi connectivity index (χ3n) is 3.06. The van der Waals surface area contributed by atoms with Gasteiger partial charge in [-0.3, -0.25) is 4.79 Å². The number of benzene rings is 1. The summed E-state index contributed by atoms with van der Waals surface area (Å²) in [5.41, 5.74) is 1.25. The minimum atomic E-state index is -0.0959. The van der Waals surface area contributed by atoms with Crippen LogP contribution in [0.4, 0.5) is 0 Å². The van der Waals surface area contributed by atoms with Gasteiger partial charge in [0.05, 0.1) is 6.04 Å². The first-order valence-electron chi connectivity index (χ1n) is 5.92. The molecule has 1 atom stereocenters. The smallest absolute Gasteiger partial charge is 0.242 e. The Balaban J connectivity index is 1.72. The highest BCUT2D eigenvalue weighted by Crippen LogP contribution is 2.19. The molecule has 92 valence electrons. The maximum absolute atomic E-state index is 11.5. The van der Waals surface area contributed by atoms with Gasteiger partial charge < -0.3 is 5.32 Å². The van der Waals surface area contributed by atoms with Crippen molar-refractivity contribution in [2.45, 2.75) is 25.4 Å². The minimum absolute atomic E-state index is 0.0344. The lowest BCUT2D eigenvalue weighted by atomic mass is 10.0. The van der Waals surface area contributed by atoms with Crippen LogP contribution in [-0.2, 0) is 17.8 Å². The molecule has 1 N–H and O–H groups in total. The summed E-state index contributed by atoms with van der Waals surface area (Å²) >= 11 is 0. The number of carbonyl (C=O) groups is 1. The van der Waals surface area contributed by atoms with E-state index in [9.17, 15) is 4.79 Å². The van der Waals surface area contributed by atoms with Gasteiger partial charge in [0.25, 0.3) is 0 Å². The van der Waals surface area contributed by atoms with Crippen molar-refractivity contribution in [3.63, 3.8) is 0 Å². The fraction of sp³-hybridized carbons (Fsp3) is 0.333. The predicted molar refractivity (Wildman–Crippen MR) is 63.5 cm³/mol. The first-order valence-corrected chi connectivity index (χ1v) is 5.92. The standard InChI is InChI=1S/C12H13N5O/c18-11-8-17-12(14-15-16-17)10(13-11)7-6-9-4-2-1-3-5-9/h1-5,10H,6-8H2,(H,13,18). The fourth-order valence-electron chi connectivity index (χ4n) is 2.17. The van der Waals surface area contributed by atoms with Gasteiger partial charge in [0.15, 0.2) is 5.82 Å². The van der Waals surface area contributed by atoms with Gasteiger partial charge in [0.1, 0.15) is 6.54 Å². The Labute approximate surface area is 104 Å². The van der Waals surface area contributed by atoms with E-state index >= 15 is 0 Å². The zero-order valence-electron chi connectivity index (χ0n) is 9.78. The van der Waals surface area contributed by atoms with Crippen LogP contribution < -0.4 is 5.32 Å². The Morgan fingerprint density at radius 1 is 1.33 bits per heavy atom. The summed E-state index contributed by atoms with van der Waals surface area (Å²) in [4.78, 5) is 11.5. The number of nitrogens with zero attached hydrogens (tertiary/aromatic N) is 4. The van der Waals surface area contributed by atoms with Crippen LogP contribution in [0.25, 0.3) is 0 Å². The number of tetrazole rings is 1. The van der Waals surface area contributed by atoms with Crippen molar-refractivity contribution in [2.24, 2.45) is 0 Å². The quantitative estimate of drug-likeness (QED) is 0.850. The third kappa shape index (κ3) is 2.09. The Morgan fingerprint density at radius 2 is 2.17 bits per heavy atom. The number of fused-ring (bicyclic) bond motifs is 1. The van der Waals surface area contributed by atoms with E-state index in [1.165, 1.54) is 5.56 Å². The summed E-state index contributed by atoms with van der Waals surface area (Å²) in [5, 5.41) is 14.3. The van der Waals surface area contributed by atoms with Crippen LogP contribution in [0.1, 0.15) is 23.9 Å². The monoisotopic (exact) mass is 243 g/mol. The molecule has 3 rings (SSSR count). The lowest BCUT2D eigenvalue weighted by molar-refractivity contribution is -0.123. The number of carbonyl (C=O) groups excluding carboxylic acids is 1. The number of aryl methyl sites for hydroxylation is 1.